The summed E-state index contributed by atoms with van der Waals surface area (Å²) in [5.41, 5.74) is 6.77. The molecule has 3 amide bonds. The van der Waals surface area contributed by atoms with Gasteiger partial charge in [0, 0.05) is 24.9 Å². The third-order valence-electron chi connectivity index (χ3n) is 5.99. The SMILES string of the molecule is CCC(C)C(NC(=O)C1CCCN1C(=O)C(N)Cc1cnc[nH]1)C(=O)NC(C(=O)O)C(C)O. The van der Waals surface area contributed by atoms with Crippen LogP contribution in [0.5, 0.6) is 0 Å². The molecule has 6 atom stereocenters. The summed E-state index contributed by atoms with van der Waals surface area (Å²) >= 11 is 0. The molecule has 184 valence electrons. The number of carboxylic acids is 1. The van der Waals surface area contributed by atoms with E-state index in [9.17, 15) is 29.4 Å². The first kappa shape index (κ1) is 26.3. The van der Waals surface area contributed by atoms with Gasteiger partial charge in [0.1, 0.15) is 12.1 Å². The van der Waals surface area contributed by atoms with E-state index in [2.05, 4.69) is 20.6 Å². The summed E-state index contributed by atoms with van der Waals surface area (Å²) in [6.45, 7) is 5.21. The van der Waals surface area contributed by atoms with Crippen molar-refractivity contribution < 1.29 is 29.4 Å². The number of hydrogen-bond donors (Lipinski definition) is 6. The fourth-order valence-electron chi connectivity index (χ4n) is 3.82. The monoisotopic (exact) mass is 466 g/mol. The van der Waals surface area contributed by atoms with Gasteiger partial charge in [-0.1, -0.05) is 20.3 Å². The van der Waals surface area contributed by atoms with Crippen molar-refractivity contribution in [2.75, 3.05) is 6.54 Å². The van der Waals surface area contributed by atoms with Crippen LogP contribution in [-0.2, 0) is 25.6 Å². The van der Waals surface area contributed by atoms with Gasteiger partial charge >= 0.3 is 5.97 Å². The van der Waals surface area contributed by atoms with Crippen molar-refractivity contribution in [2.24, 2.45) is 11.7 Å². The number of nitrogens with zero attached hydrogens (tertiary/aromatic N) is 2. The molecule has 1 fully saturated rings. The second-order valence-electron chi connectivity index (χ2n) is 8.51. The standard InChI is InChI=1S/C21H34N6O6/c1-4-11(2)16(19(30)26-17(12(3)28)21(32)33)25-18(29)15-6-5-7-27(15)20(31)14(22)8-13-9-23-10-24-13/h9-12,14-17,28H,4-8,22H2,1-3H3,(H,23,24)(H,25,29)(H,26,30)(H,32,33). The maximum absolute atomic E-state index is 13.1. The highest BCUT2D eigenvalue weighted by atomic mass is 16.4. The maximum Gasteiger partial charge on any atom is 0.328 e. The van der Waals surface area contributed by atoms with E-state index in [1.165, 1.54) is 18.2 Å². The highest BCUT2D eigenvalue weighted by Crippen LogP contribution is 2.20. The summed E-state index contributed by atoms with van der Waals surface area (Å²) in [7, 11) is 0. The Balaban J connectivity index is 2.09. The minimum absolute atomic E-state index is 0.248. The molecule has 0 radical (unpaired) electrons. The third-order valence-corrected chi connectivity index (χ3v) is 5.99. The van der Waals surface area contributed by atoms with Crippen molar-refractivity contribution in [1.29, 1.82) is 0 Å². The second-order valence-corrected chi connectivity index (χ2v) is 8.51. The molecule has 0 aromatic carbocycles. The van der Waals surface area contributed by atoms with Gasteiger partial charge in [0.2, 0.25) is 17.7 Å². The van der Waals surface area contributed by atoms with Gasteiger partial charge in [-0.25, -0.2) is 9.78 Å². The predicted octanol–water partition coefficient (Wildman–Crippen LogP) is -1.25. The Hall–Kier alpha value is -2.99. The van der Waals surface area contributed by atoms with Crippen molar-refractivity contribution in [3.63, 3.8) is 0 Å². The number of hydrogen-bond acceptors (Lipinski definition) is 7. The first-order chi connectivity index (χ1) is 15.6. The lowest BCUT2D eigenvalue weighted by atomic mass is 9.97. The zero-order chi connectivity index (χ0) is 24.7. The molecular formula is C21H34N6O6. The van der Waals surface area contributed by atoms with Crippen LogP contribution < -0.4 is 16.4 Å². The number of aromatic amines is 1. The van der Waals surface area contributed by atoms with Gasteiger partial charge < -0.3 is 36.5 Å². The largest absolute Gasteiger partial charge is 0.480 e. The minimum Gasteiger partial charge on any atom is -0.480 e. The van der Waals surface area contributed by atoms with Gasteiger partial charge in [-0.05, 0) is 25.7 Å². The minimum atomic E-state index is -1.51. The van der Waals surface area contributed by atoms with Crippen molar-refractivity contribution in [3.8, 4) is 0 Å². The number of aromatic nitrogens is 2. The molecule has 1 aliphatic heterocycles. The zero-order valence-electron chi connectivity index (χ0n) is 19.2. The van der Waals surface area contributed by atoms with Crippen molar-refractivity contribution in [2.45, 2.75) is 76.7 Å². The van der Waals surface area contributed by atoms with Gasteiger partial charge in [0.25, 0.3) is 0 Å². The molecule has 1 saturated heterocycles. The van der Waals surface area contributed by atoms with Crippen molar-refractivity contribution >= 4 is 23.7 Å². The number of aliphatic hydroxyl groups is 1. The third kappa shape index (κ3) is 6.75. The van der Waals surface area contributed by atoms with E-state index >= 15 is 0 Å². The molecule has 6 unspecified atom stereocenters. The number of amides is 3. The van der Waals surface area contributed by atoms with E-state index in [0.29, 0.717) is 31.5 Å². The average Bonchev–Trinajstić information content (AvgIpc) is 3.45. The lowest BCUT2D eigenvalue weighted by Gasteiger charge is -2.30. The number of carbonyl (C=O) groups excluding carboxylic acids is 3. The van der Waals surface area contributed by atoms with E-state index in [1.54, 1.807) is 13.1 Å². The number of rotatable bonds is 11. The number of likely N-dealkylation sites (tertiary alicyclic amines) is 1. The fourth-order valence-corrected chi connectivity index (χ4v) is 3.82. The van der Waals surface area contributed by atoms with Crippen LogP contribution in [0.15, 0.2) is 12.5 Å². The van der Waals surface area contributed by atoms with E-state index in [4.69, 9.17) is 5.73 Å². The molecule has 2 heterocycles. The molecule has 0 bridgehead atoms. The van der Waals surface area contributed by atoms with Crippen LogP contribution in [0.4, 0.5) is 0 Å². The molecule has 12 nitrogen and oxygen atoms in total. The Morgan fingerprint density at radius 3 is 2.52 bits per heavy atom. The highest BCUT2D eigenvalue weighted by molar-refractivity contribution is 5.94. The van der Waals surface area contributed by atoms with Gasteiger partial charge in [-0.15, -0.1) is 0 Å². The van der Waals surface area contributed by atoms with Crippen LogP contribution in [0.1, 0.15) is 45.7 Å². The lowest BCUT2D eigenvalue weighted by molar-refractivity contribution is -0.146. The molecular weight excluding hydrogens is 432 g/mol. The molecule has 7 N–H and O–H groups in total. The molecule has 1 aliphatic rings. The Morgan fingerprint density at radius 2 is 1.97 bits per heavy atom. The molecule has 33 heavy (non-hydrogen) atoms. The molecule has 1 aromatic rings. The van der Waals surface area contributed by atoms with Crippen LogP contribution in [0.2, 0.25) is 0 Å². The lowest BCUT2D eigenvalue weighted by Crippen LogP contribution is -2.59. The Labute approximate surface area is 192 Å². The molecule has 1 aromatic heterocycles. The molecule has 12 heteroatoms. The van der Waals surface area contributed by atoms with Crippen LogP contribution in [0, 0.1) is 5.92 Å². The summed E-state index contributed by atoms with van der Waals surface area (Å²) in [5, 5.41) is 23.9. The number of nitrogens with two attached hydrogens (primary N) is 1. The maximum atomic E-state index is 13.1. The van der Waals surface area contributed by atoms with Crippen LogP contribution in [-0.4, -0.2) is 85.6 Å². The first-order valence-electron chi connectivity index (χ1n) is 11.1. The Kier molecular flexibility index (Phi) is 9.35. The second kappa shape index (κ2) is 11.8. The van der Waals surface area contributed by atoms with E-state index in [-0.39, 0.29) is 18.2 Å². The van der Waals surface area contributed by atoms with Gasteiger partial charge in [0.15, 0.2) is 6.04 Å². The van der Waals surface area contributed by atoms with E-state index < -0.39 is 48.1 Å². The molecule has 2 rings (SSSR count). The van der Waals surface area contributed by atoms with E-state index in [1.807, 2.05) is 6.92 Å². The average molecular weight is 467 g/mol. The molecule has 0 saturated carbocycles. The summed E-state index contributed by atoms with van der Waals surface area (Å²) in [6, 6.07) is -4.17. The number of carbonyl (C=O) groups is 4. The van der Waals surface area contributed by atoms with Crippen LogP contribution in [0.25, 0.3) is 0 Å². The smallest absolute Gasteiger partial charge is 0.328 e. The van der Waals surface area contributed by atoms with Crippen molar-refractivity contribution in [1.82, 2.24) is 25.5 Å². The summed E-state index contributed by atoms with van der Waals surface area (Å²) in [5.74, 6) is -3.28. The molecule has 0 aliphatic carbocycles. The fraction of sp³-hybridized carbons (Fsp3) is 0.667. The number of aliphatic carboxylic acids is 1. The Bertz CT molecular complexity index is 829. The van der Waals surface area contributed by atoms with E-state index in [0.717, 1.165) is 0 Å². The number of imidazole rings is 1. The van der Waals surface area contributed by atoms with Gasteiger partial charge in [-0.3, -0.25) is 14.4 Å². The number of H-pyrrole nitrogens is 1. The highest BCUT2D eigenvalue weighted by Gasteiger charge is 2.39. The summed E-state index contributed by atoms with van der Waals surface area (Å²) < 4.78 is 0. The molecule has 0 spiro atoms. The van der Waals surface area contributed by atoms with Crippen LogP contribution in [0.3, 0.4) is 0 Å². The van der Waals surface area contributed by atoms with Crippen molar-refractivity contribution in [3.05, 3.63) is 18.2 Å². The topological polar surface area (TPSA) is 191 Å². The number of carboxylic acid groups (broad SMARTS) is 1. The zero-order valence-corrected chi connectivity index (χ0v) is 19.2. The number of aliphatic hydroxyl groups excluding tert-OH is 1. The normalized spacial score (nSPS) is 20.4. The number of nitrogens with one attached hydrogen (secondary N) is 3. The first-order valence-corrected chi connectivity index (χ1v) is 11.1. The Morgan fingerprint density at radius 1 is 1.27 bits per heavy atom. The quantitative estimate of drug-likeness (QED) is 0.233. The summed E-state index contributed by atoms with van der Waals surface area (Å²) in [6.07, 6.45) is 3.57. The summed E-state index contributed by atoms with van der Waals surface area (Å²) in [4.78, 5) is 58.4. The van der Waals surface area contributed by atoms with Crippen LogP contribution >= 0.6 is 0 Å². The van der Waals surface area contributed by atoms with Gasteiger partial charge in [-0.2, -0.15) is 0 Å². The predicted molar refractivity (Wildman–Crippen MR) is 118 cm³/mol. The van der Waals surface area contributed by atoms with Gasteiger partial charge in [0.05, 0.1) is 18.5 Å².